The molecule has 166 valence electrons. The number of carbonyl (C=O) groups excluding carboxylic acids is 1. The Morgan fingerprint density at radius 1 is 1.16 bits per heavy atom. The number of morpholine rings is 1. The molecule has 1 saturated heterocycles. The van der Waals surface area contributed by atoms with E-state index in [2.05, 4.69) is 15.0 Å². The van der Waals surface area contributed by atoms with Crippen LogP contribution in [-0.4, -0.2) is 74.4 Å². The fourth-order valence-corrected chi connectivity index (χ4v) is 3.42. The summed E-state index contributed by atoms with van der Waals surface area (Å²) < 4.78 is 43.6. The monoisotopic (exact) mass is 440 g/mol. The van der Waals surface area contributed by atoms with Crippen molar-refractivity contribution in [3.63, 3.8) is 0 Å². The third kappa shape index (κ3) is 5.66. The number of nitrogens with zero attached hydrogens (tertiary/aromatic N) is 4. The van der Waals surface area contributed by atoms with Gasteiger partial charge < -0.3 is 19.5 Å². The first-order valence-corrected chi connectivity index (χ1v) is 9.33. The average Bonchev–Trinajstić information content (AvgIpc) is 3.17. The molecule has 3 heterocycles. The highest BCUT2D eigenvalue weighted by Gasteiger charge is 2.46. The molecule has 1 aliphatic carbocycles. The van der Waals surface area contributed by atoms with Gasteiger partial charge in [-0.1, -0.05) is 6.07 Å². The summed E-state index contributed by atoms with van der Waals surface area (Å²) in [5, 5.41) is 7.12. The summed E-state index contributed by atoms with van der Waals surface area (Å²) in [5.41, 5.74) is 0.368. The van der Waals surface area contributed by atoms with E-state index >= 15 is 0 Å². The predicted molar refractivity (Wildman–Crippen MR) is 98.2 cm³/mol. The van der Waals surface area contributed by atoms with Gasteiger partial charge in [-0.2, -0.15) is 13.2 Å². The number of pyridine rings is 1. The van der Waals surface area contributed by atoms with Crippen LogP contribution in [0.25, 0.3) is 0 Å². The van der Waals surface area contributed by atoms with E-state index in [-0.39, 0.29) is 24.2 Å². The summed E-state index contributed by atoms with van der Waals surface area (Å²) in [6.07, 6.45) is 2.66. The first kappa shape index (κ1) is 22.4. The maximum Gasteiger partial charge on any atom is 0.490 e. The first-order chi connectivity index (χ1) is 14.8. The molecule has 2 aliphatic rings. The number of hydrogen-bond acceptors (Lipinski definition) is 7. The number of carbonyl (C=O) groups is 2. The Bertz CT molecular complexity index is 885. The van der Waals surface area contributed by atoms with Gasteiger partial charge in [0.25, 0.3) is 5.91 Å². The standard InChI is InChI=1S/C17H18N4O3.C2HF3O2/c22-17(12-11-18-7-8-19-12)21-9-10-23-16-13(21)4-5-14(16)24-15-3-1-2-6-20-15;3-2(4,5)1(6)7/h1-3,6-8,11,13-14,16H,4-5,9-10H2;(H,6,7)/t13-,14-,16+;/m0./s1. The molecule has 0 aromatic carbocycles. The fraction of sp³-hybridized carbons (Fsp3) is 0.421. The Hall–Kier alpha value is -3.28. The zero-order chi connectivity index (χ0) is 22.4. The molecule has 2 fully saturated rings. The Morgan fingerprint density at radius 2 is 1.94 bits per heavy atom. The molecule has 2 aromatic heterocycles. The van der Waals surface area contributed by atoms with Crippen molar-refractivity contribution in [2.45, 2.75) is 37.3 Å². The van der Waals surface area contributed by atoms with Crippen molar-refractivity contribution in [2.24, 2.45) is 0 Å². The molecule has 3 atom stereocenters. The van der Waals surface area contributed by atoms with Gasteiger partial charge in [-0.25, -0.2) is 14.8 Å². The second-order valence-corrected chi connectivity index (χ2v) is 6.70. The lowest BCUT2D eigenvalue weighted by molar-refractivity contribution is -0.192. The summed E-state index contributed by atoms with van der Waals surface area (Å²) in [6.45, 7) is 1.06. The number of halogens is 3. The molecule has 1 N–H and O–H groups in total. The van der Waals surface area contributed by atoms with Gasteiger partial charge in [0.15, 0.2) is 0 Å². The summed E-state index contributed by atoms with van der Waals surface area (Å²) in [4.78, 5) is 35.8. The van der Waals surface area contributed by atoms with Crippen molar-refractivity contribution < 1.29 is 37.3 Å². The first-order valence-electron chi connectivity index (χ1n) is 9.33. The van der Waals surface area contributed by atoms with Crippen LogP contribution < -0.4 is 4.74 Å². The number of ether oxygens (including phenoxy) is 2. The molecule has 2 aromatic rings. The van der Waals surface area contributed by atoms with Gasteiger partial charge >= 0.3 is 12.1 Å². The molecular weight excluding hydrogens is 421 g/mol. The van der Waals surface area contributed by atoms with Gasteiger partial charge in [-0.15, -0.1) is 0 Å². The van der Waals surface area contributed by atoms with Crippen molar-refractivity contribution in [2.75, 3.05) is 13.2 Å². The number of hydrogen-bond donors (Lipinski definition) is 1. The summed E-state index contributed by atoms with van der Waals surface area (Å²) >= 11 is 0. The molecule has 0 bridgehead atoms. The molecule has 1 saturated carbocycles. The third-order valence-electron chi connectivity index (χ3n) is 4.73. The number of aliphatic carboxylic acids is 1. The van der Waals surface area contributed by atoms with Gasteiger partial charge in [0, 0.05) is 31.2 Å². The van der Waals surface area contributed by atoms with E-state index in [0.717, 1.165) is 12.8 Å². The van der Waals surface area contributed by atoms with E-state index in [4.69, 9.17) is 19.4 Å². The quantitative estimate of drug-likeness (QED) is 0.770. The van der Waals surface area contributed by atoms with Crippen LogP contribution in [0.5, 0.6) is 5.88 Å². The second-order valence-electron chi connectivity index (χ2n) is 6.70. The Morgan fingerprint density at radius 3 is 2.55 bits per heavy atom. The zero-order valence-electron chi connectivity index (χ0n) is 16.1. The van der Waals surface area contributed by atoms with Gasteiger partial charge in [-0.05, 0) is 18.9 Å². The minimum Gasteiger partial charge on any atom is -0.475 e. The number of aromatic nitrogens is 3. The molecule has 4 rings (SSSR count). The van der Waals surface area contributed by atoms with Crippen molar-refractivity contribution >= 4 is 11.9 Å². The van der Waals surface area contributed by atoms with Gasteiger partial charge in [-0.3, -0.25) is 9.78 Å². The predicted octanol–water partition coefficient (Wildman–Crippen LogP) is 1.96. The normalized spacial score (nSPS) is 22.7. The summed E-state index contributed by atoms with van der Waals surface area (Å²) in [7, 11) is 0. The lowest BCUT2D eigenvalue weighted by Crippen LogP contribution is -2.54. The van der Waals surface area contributed by atoms with E-state index in [1.54, 1.807) is 12.4 Å². The molecule has 0 radical (unpaired) electrons. The summed E-state index contributed by atoms with van der Waals surface area (Å²) in [5.74, 6) is -2.27. The average molecular weight is 440 g/mol. The Balaban J connectivity index is 0.000000339. The number of amides is 1. The molecule has 12 heteroatoms. The minimum absolute atomic E-state index is 0.00182. The van der Waals surface area contributed by atoms with Crippen LogP contribution in [0.2, 0.25) is 0 Å². The van der Waals surface area contributed by atoms with Crippen molar-refractivity contribution in [3.05, 3.63) is 48.7 Å². The van der Waals surface area contributed by atoms with Crippen LogP contribution in [0.1, 0.15) is 23.3 Å². The Labute approximate surface area is 174 Å². The van der Waals surface area contributed by atoms with Crippen LogP contribution >= 0.6 is 0 Å². The van der Waals surface area contributed by atoms with Crippen LogP contribution in [0.15, 0.2) is 43.0 Å². The molecule has 0 spiro atoms. The molecule has 1 amide bonds. The van der Waals surface area contributed by atoms with E-state index in [1.807, 2.05) is 23.1 Å². The number of rotatable bonds is 3. The van der Waals surface area contributed by atoms with Gasteiger partial charge in [0.2, 0.25) is 5.88 Å². The molecular formula is C19H19F3N4O5. The Kier molecular flexibility index (Phi) is 7.00. The van der Waals surface area contributed by atoms with Crippen molar-refractivity contribution in [1.29, 1.82) is 0 Å². The van der Waals surface area contributed by atoms with Gasteiger partial charge in [0.05, 0.1) is 18.8 Å². The zero-order valence-corrected chi connectivity index (χ0v) is 16.1. The lowest BCUT2D eigenvalue weighted by Gasteiger charge is -2.38. The van der Waals surface area contributed by atoms with Crippen LogP contribution in [0, 0.1) is 0 Å². The number of fused-ring (bicyclic) bond motifs is 1. The number of carboxylic acids is 1. The van der Waals surface area contributed by atoms with E-state index < -0.39 is 12.1 Å². The maximum absolute atomic E-state index is 12.7. The fourth-order valence-electron chi connectivity index (χ4n) is 3.42. The maximum atomic E-state index is 12.7. The van der Waals surface area contributed by atoms with Crippen LogP contribution in [0.3, 0.4) is 0 Å². The highest BCUT2D eigenvalue weighted by Crippen LogP contribution is 2.33. The molecule has 31 heavy (non-hydrogen) atoms. The third-order valence-corrected chi connectivity index (χ3v) is 4.73. The van der Waals surface area contributed by atoms with Crippen LogP contribution in [-0.2, 0) is 9.53 Å². The number of carboxylic acid groups (broad SMARTS) is 1. The van der Waals surface area contributed by atoms with Gasteiger partial charge in [0.1, 0.15) is 17.9 Å². The second kappa shape index (κ2) is 9.69. The smallest absolute Gasteiger partial charge is 0.475 e. The largest absolute Gasteiger partial charge is 0.490 e. The van der Waals surface area contributed by atoms with E-state index in [9.17, 15) is 18.0 Å². The highest BCUT2D eigenvalue weighted by molar-refractivity contribution is 5.92. The van der Waals surface area contributed by atoms with Crippen LogP contribution in [0.4, 0.5) is 13.2 Å². The van der Waals surface area contributed by atoms with E-state index in [1.165, 1.54) is 12.4 Å². The lowest BCUT2D eigenvalue weighted by atomic mass is 10.1. The molecule has 1 aliphatic heterocycles. The number of alkyl halides is 3. The van der Waals surface area contributed by atoms with E-state index in [0.29, 0.717) is 24.7 Å². The molecule has 9 nitrogen and oxygen atoms in total. The molecule has 0 unspecified atom stereocenters. The SMILES string of the molecule is O=C(O)C(F)(F)F.O=C(c1cnccn1)N1CCO[C@H]2[C@@H](Oc3ccccn3)CC[C@@H]21. The highest BCUT2D eigenvalue weighted by atomic mass is 19.4. The van der Waals surface area contributed by atoms with Crippen molar-refractivity contribution in [1.82, 2.24) is 19.9 Å². The minimum atomic E-state index is -5.08. The summed E-state index contributed by atoms with van der Waals surface area (Å²) in [6, 6.07) is 5.57. The van der Waals surface area contributed by atoms with Crippen molar-refractivity contribution in [3.8, 4) is 5.88 Å². The topological polar surface area (TPSA) is 115 Å².